The van der Waals surface area contributed by atoms with Gasteiger partial charge in [-0.05, 0) is 18.3 Å². The molecule has 1 saturated carbocycles. The number of carbonyl (C=O) groups is 3. The number of hydrogen-bond acceptors (Lipinski definition) is 7. The quantitative estimate of drug-likeness (QED) is 0.372. The number of hydrogen-bond donors (Lipinski definition) is 3. The molecule has 0 aromatic heterocycles. The van der Waals surface area contributed by atoms with Gasteiger partial charge in [0.15, 0.2) is 0 Å². The summed E-state index contributed by atoms with van der Waals surface area (Å²) in [7, 11) is 0. The minimum atomic E-state index is -1.48. The molecule has 0 radical (unpaired) electrons. The second-order valence-corrected chi connectivity index (χ2v) is 9.59. The van der Waals surface area contributed by atoms with Crippen molar-refractivity contribution >= 4 is 17.5 Å². The molecule has 0 bridgehead atoms. The van der Waals surface area contributed by atoms with Gasteiger partial charge in [-0.3, -0.25) is 14.4 Å². The maximum absolute atomic E-state index is 13.2. The highest BCUT2D eigenvalue weighted by molar-refractivity contribution is 6.50. The van der Waals surface area contributed by atoms with Gasteiger partial charge in [-0.25, -0.2) is 0 Å². The van der Waals surface area contributed by atoms with Gasteiger partial charge in [0, 0.05) is 35.3 Å². The van der Waals surface area contributed by atoms with E-state index < -0.39 is 52.8 Å². The molecule has 1 fully saturated rings. The molecule has 29 heavy (non-hydrogen) atoms. The number of esters is 1. The summed E-state index contributed by atoms with van der Waals surface area (Å²) >= 11 is 0. The predicted molar refractivity (Wildman–Crippen MR) is 104 cm³/mol. The van der Waals surface area contributed by atoms with Gasteiger partial charge in [0.05, 0.1) is 18.3 Å². The van der Waals surface area contributed by atoms with Crippen LogP contribution in [0.2, 0.25) is 0 Å². The Morgan fingerprint density at radius 1 is 1.17 bits per heavy atom. The average Bonchev–Trinajstić information content (AvgIpc) is 2.60. The molecule has 7 heteroatoms. The normalized spacial score (nSPS) is 35.2. The van der Waals surface area contributed by atoms with Gasteiger partial charge in [-0.2, -0.15) is 0 Å². The molecule has 0 aromatic carbocycles. The van der Waals surface area contributed by atoms with E-state index >= 15 is 0 Å². The zero-order valence-corrected chi connectivity index (χ0v) is 17.6. The van der Waals surface area contributed by atoms with E-state index in [1.54, 1.807) is 6.92 Å². The highest BCUT2D eigenvalue weighted by atomic mass is 16.5. The van der Waals surface area contributed by atoms with Crippen LogP contribution in [0, 0.1) is 22.7 Å². The van der Waals surface area contributed by atoms with E-state index in [0.29, 0.717) is 6.42 Å². The molecule has 5 atom stereocenters. The molecule has 0 heterocycles. The summed E-state index contributed by atoms with van der Waals surface area (Å²) < 4.78 is 4.93. The van der Waals surface area contributed by atoms with E-state index in [4.69, 9.17) is 4.74 Å². The molecular formula is C22H30O7. The summed E-state index contributed by atoms with van der Waals surface area (Å²) in [4.78, 5) is 37.3. The smallest absolute Gasteiger partial charge is 0.302 e. The van der Waals surface area contributed by atoms with Crippen LogP contribution in [0.4, 0.5) is 0 Å². The summed E-state index contributed by atoms with van der Waals surface area (Å²) in [6.45, 7) is 8.44. The van der Waals surface area contributed by atoms with E-state index in [0.717, 1.165) is 12.8 Å². The van der Waals surface area contributed by atoms with Crippen molar-refractivity contribution in [2.75, 3.05) is 6.61 Å². The van der Waals surface area contributed by atoms with Crippen LogP contribution in [-0.4, -0.2) is 51.7 Å². The standard InChI is InChI=1S/C22H30O7/c1-10(9-29-11(2)23)12-15(24)13-14(18(27)16(12)25)22(5)8-6-7-21(3,4)20(22)19(28)17(13)26/h10,17,19-20,24,26,28H,6-9H2,1-5H3/t10?,17-,19+,20-,22+/m0/s1. The van der Waals surface area contributed by atoms with Crippen molar-refractivity contribution in [2.45, 2.75) is 66.1 Å². The van der Waals surface area contributed by atoms with Crippen LogP contribution < -0.4 is 0 Å². The molecule has 3 rings (SSSR count). The van der Waals surface area contributed by atoms with E-state index in [1.165, 1.54) is 6.92 Å². The van der Waals surface area contributed by atoms with Gasteiger partial charge in [0.1, 0.15) is 11.9 Å². The Balaban J connectivity index is 2.19. The number of rotatable bonds is 3. The van der Waals surface area contributed by atoms with Gasteiger partial charge in [0.2, 0.25) is 11.6 Å². The molecule has 0 aliphatic heterocycles. The van der Waals surface area contributed by atoms with Crippen molar-refractivity contribution in [2.24, 2.45) is 22.7 Å². The first-order chi connectivity index (χ1) is 13.3. The fourth-order valence-corrected chi connectivity index (χ4v) is 5.92. The number of Topliss-reactive ketones (excluding diaryl/α,β-unsaturated/α-hetero) is 2. The largest absolute Gasteiger partial charge is 0.507 e. The lowest BCUT2D eigenvalue weighted by molar-refractivity contribution is -0.143. The van der Waals surface area contributed by atoms with Gasteiger partial charge >= 0.3 is 5.97 Å². The van der Waals surface area contributed by atoms with Crippen LogP contribution >= 0.6 is 0 Å². The third kappa shape index (κ3) is 3.15. The van der Waals surface area contributed by atoms with Crippen LogP contribution in [0.5, 0.6) is 0 Å². The lowest BCUT2D eigenvalue weighted by Crippen LogP contribution is -2.59. The molecular weight excluding hydrogens is 376 g/mol. The van der Waals surface area contributed by atoms with Gasteiger partial charge in [0.25, 0.3) is 0 Å². The monoisotopic (exact) mass is 406 g/mol. The molecule has 0 amide bonds. The Kier molecular flexibility index (Phi) is 5.28. The second kappa shape index (κ2) is 7.06. The Morgan fingerprint density at radius 2 is 1.79 bits per heavy atom. The van der Waals surface area contributed by atoms with Gasteiger partial charge in [-0.1, -0.05) is 34.1 Å². The van der Waals surface area contributed by atoms with Crippen molar-refractivity contribution in [3.63, 3.8) is 0 Å². The van der Waals surface area contributed by atoms with Crippen LogP contribution in [-0.2, 0) is 19.1 Å². The number of fused-ring (bicyclic) bond motifs is 2. The third-order valence-electron chi connectivity index (χ3n) is 7.06. The molecule has 1 unspecified atom stereocenters. The molecule has 160 valence electrons. The van der Waals surface area contributed by atoms with Crippen molar-refractivity contribution < 1.29 is 34.4 Å². The van der Waals surface area contributed by atoms with Crippen LogP contribution in [0.25, 0.3) is 0 Å². The minimum Gasteiger partial charge on any atom is -0.507 e. The molecule has 3 aliphatic rings. The Bertz CT molecular complexity index is 834. The van der Waals surface area contributed by atoms with E-state index in [2.05, 4.69) is 0 Å². The Hall–Kier alpha value is -1.99. The fourth-order valence-electron chi connectivity index (χ4n) is 5.92. The van der Waals surface area contributed by atoms with E-state index in [1.807, 2.05) is 20.8 Å². The summed E-state index contributed by atoms with van der Waals surface area (Å²) in [6, 6.07) is 0. The Labute approximate surface area is 170 Å². The lowest BCUT2D eigenvalue weighted by Gasteiger charge is -2.57. The SMILES string of the molecule is CC(=O)OCC(C)C1=C(O)C2=C(C(=O)C1=O)[C@@]1(C)CCCC(C)(C)[C@@H]1[C@H](O)[C@H]2O. The highest BCUT2D eigenvalue weighted by Gasteiger charge is 2.61. The topological polar surface area (TPSA) is 121 Å². The Morgan fingerprint density at radius 3 is 2.38 bits per heavy atom. The first-order valence-electron chi connectivity index (χ1n) is 10.1. The highest BCUT2D eigenvalue weighted by Crippen LogP contribution is 2.61. The zero-order chi connectivity index (χ0) is 21.9. The molecule has 3 aliphatic carbocycles. The predicted octanol–water partition coefficient (Wildman–Crippen LogP) is 2.01. The van der Waals surface area contributed by atoms with Crippen molar-refractivity contribution in [3.8, 4) is 0 Å². The maximum Gasteiger partial charge on any atom is 0.302 e. The van der Waals surface area contributed by atoms with Gasteiger partial charge in [-0.15, -0.1) is 0 Å². The van der Waals surface area contributed by atoms with Crippen molar-refractivity contribution in [3.05, 3.63) is 22.5 Å². The molecule has 0 saturated heterocycles. The van der Waals surface area contributed by atoms with E-state index in [9.17, 15) is 29.7 Å². The maximum atomic E-state index is 13.2. The summed E-state index contributed by atoms with van der Waals surface area (Å²) in [5.74, 6) is -3.77. The van der Waals surface area contributed by atoms with Crippen LogP contribution in [0.1, 0.15) is 53.9 Å². The number of ketones is 2. The summed E-state index contributed by atoms with van der Waals surface area (Å²) in [5, 5.41) is 32.8. The average molecular weight is 406 g/mol. The second-order valence-electron chi connectivity index (χ2n) is 9.59. The third-order valence-corrected chi connectivity index (χ3v) is 7.06. The number of aliphatic hydroxyl groups excluding tert-OH is 3. The molecule has 3 N–H and O–H groups in total. The zero-order valence-electron chi connectivity index (χ0n) is 17.6. The molecule has 0 aromatic rings. The number of aliphatic hydroxyl groups is 3. The first-order valence-corrected chi connectivity index (χ1v) is 10.1. The fraction of sp³-hybridized carbons (Fsp3) is 0.682. The van der Waals surface area contributed by atoms with Crippen molar-refractivity contribution in [1.29, 1.82) is 0 Å². The molecule has 0 spiro atoms. The first kappa shape index (κ1) is 21.7. The summed E-state index contributed by atoms with van der Waals surface area (Å²) in [5.41, 5.74) is -1.29. The van der Waals surface area contributed by atoms with Crippen LogP contribution in [0.3, 0.4) is 0 Å². The minimum absolute atomic E-state index is 0.0526. The van der Waals surface area contributed by atoms with Crippen molar-refractivity contribution in [1.82, 2.24) is 0 Å². The number of ether oxygens (including phenoxy) is 1. The van der Waals surface area contributed by atoms with Gasteiger partial charge < -0.3 is 20.1 Å². The number of allylic oxidation sites excluding steroid dienone is 1. The molecule has 7 nitrogen and oxygen atoms in total. The summed E-state index contributed by atoms with van der Waals surface area (Å²) in [6.07, 6.45) is -0.445. The number of carbonyl (C=O) groups excluding carboxylic acids is 3. The lowest BCUT2D eigenvalue weighted by atomic mass is 9.47. The van der Waals surface area contributed by atoms with E-state index in [-0.39, 0.29) is 28.7 Å². The van der Waals surface area contributed by atoms with Crippen LogP contribution in [0.15, 0.2) is 22.5 Å².